The number of piperidine rings is 1. The van der Waals surface area contributed by atoms with Crippen molar-refractivity contribution in [2.24, 2.45) is 0 Å². The normalized spacial score (nSPS) is 18.1. The molecule has 1 atom stereocenters. The van der Waals surface area contributed by atoms with Gasteiger partial charge in [0.1, 0.15) is 11.7 Å². The molecule has 2 fully saturated rings. The number of hydrogen-bond acceptors (Lipinski definition) is 7. The number of amides is 2. The van der Waals surface area contributed by atoms with Crippen LogP contribution in [0.25, 0.3) is 0 Å². The van der Waals surface area contributed by atoms with Crippen LogP contribution in [0.4, 0.5) is 5.13 Å². The molecular formula is C21H27N5O3S. The molecule has 2 saturated heterocycles. The third kappa shape index (κ3) is 4.97. The van der Waals surface area contributed by atoms with E-state index in [1.54, 1.807) is 5.38 Å². The average molecular weight is 430 g/mol. The molecule has 9 heteroatoms. The maximum absolute atomic E-state index is 13.1. The molecule has 30 heavy (non-hydrogen) atoms. The number of likely N-dealkylation sites (tertiary alicyclic amines) is 1. The number of aromatic nitrogens is 1. The van der Waals surface area contributed by atoms with Crippen molar-refractivity contribution >= 4 is 28.3 Å². The average Bonchev–Trinajstić information content (AvgIpc) is 3.31. The third-order valence-electron chi connectivity index (χ3n) is 5.38. The molecule has 2 aliphatic heterocycles. The predicted octanol–water partition coefficient (Wildman–Crippen LogP) is 1.97. The van der Waals surface area contributed by atoms with E-state index in [0.29, 0.717) is 18.9 Å². The van der Waals surface area contributed by atoms with Crippen molar-refractivity contribution in [3.8, 4) is 0 Å². The number of benzene rings is 1. The zero-order valence-corrected chi connectivity index (χ0v) is 17.7. The Morgan fingerprint density at radius 3 is 2.50 bits per heavy atom. The van der Waals surface area contributed by atoms with E-state index in [1.165, 1.54) is 11.3 Å². The van der Waals surface area contributed by atoms with Gasteiger partial charge in [-0.15, -0.1) is 11.3 Å². The van der Waals surface area contributed by atoms with Gasteiger partial charge in [-0.25, -0.2) is 10.4 Å². The Bertz CT molecular complexity index is 847. The smallest absolute Gasteiger partial charge is 0.284 e. The summed E-state index contributed by atoms with van der Waals surface area (Å²) in [6.07, 6.45) is 3.19. The number of hydrogen-bond donors (Lipinski definition) is 2. The summed E-state index contributed by atoms with van der Waals surface area (Å²) in [5.41, 5.74) is 6.82. The molecule has 2 aliphatic rings. The van der Waals surface area contributed by atoms with E-state index < -0.39 is 6.04 Å². The summed E-state index contributed by atoms with van der Waals surface area (Å²) >= 11 is 1.44. The summed E-state index contributed by atoms with van der Waals surface area (Å²) in [7, 11) is 0. The SMILES string of the molecule is O=C(NN[C@H](C(=O)N1CCCCC1)c1ccccc1)c1csc(N2CCOCC2)n1. The molecule has 1 aromatic carbocycles. The first kappa shape index (κ1) is 20.8. The second kappa shape index (κ2) is 10.0. The van der Waals surface area contributed by atoms with E-state index in [9.17, 15) is 9.59 Å². The number of carbonyl (C=O) groups is 2. The molecule has 160 valence electrons. The molecule has 8 nitrogen and oxygen atoms in total. The van der Waals surface area contributed by atoms with Crippen LogP contribution in [0.2, 0.25) is 0 Å². The van der Waals surface area contributed by atoms with Crippen LogP contribution in [0.15, 0.2) is 35.7 Å². The Morgan fingerprint density at radius 1 is 1.03 bits per heavy atom. The molecule has 0 bridgehead atoms. The Morgan fingerprint density at radius 2 is 1.77 bits per heavy atom. The summed E-state index contributed by atoms with van der Waals surface area (Å²) < 4.78 is 5.36. The van der Waals surface area contributed by atoms with Crippen LogP contribution in [0, 0.1) is 0 Å². The fraction of sp³-hybridized carbons (Fsp3) is 0.476. The van der Waals surface area contributed by atoms with Crippen molar-refractivity contribution in [1.82, 2.24) is 20.7 Å². The number of nitrogens with zero attached hydrogens (tertiary/aromatic N) is 3. The molecule has 0 radical (unpaired) electrons. The lowest BCUT2D eigenvalue weighted by atomic mass is 10.0. The third-order valence-corrected chi connectivity index (χ3v) is 6.29. The minimum atomic E-state index is -0.634. The second-order valence-electron chi connectivity index (χ2n) is 7.44. The Hall–Kier alpha value is -2.49. The van der Waals surface area contributed by atoms with E-state index in [0.717, 1.165) is 56.1 Å². The number of morpholine rings is 1. The van der Waals surface area contributed by atoms with Crippen molar-refractivity contribution in [3.63, 3.8) is 0 Å². The van der Waals surface area contributed by atoms with Crippen molar-refractivity contribution in [3.05, 3.63) is 47.0 Å². The maximum Gasteiger partial charge on any atom is 0.284 e. The number of hydrazine groups is 1. The fourth-order valence-electron chi connectivity index (χ4n) is 3.70. The van der Waals surface area contributed by atoms with Gasteiger partial charge in [0, 0.05) is 31.6 Å². The number of ether oxygens (including phenoxy) is 1. The minimum absolute atomic E-state index is 0.0199. The number of anilines is 1. The van der Waals surface area contributed by atoms with Gasteiger partial charge in [0.25, 0.3) is 5.91 Å². The number of rotatable bonds is 6. The van der Waals surface area contributed by atoms with Gasteiger partial charge in [0.15, 0.2) is 5.13 Å². The van der Waals surface area contributed by atoms with Crippen LogP contribution in [-0.2, 0) is 9.53 Å². The number of carbonyl (C=O) groups excluding carboxylic acids is 2. The van der Waals surface area contributed by atoms with Crippen molar-refractivity contribution in [2.75, 3.05) is 44.3 Å². The molecule has 0 spiro atoms. The molecule has 4 rings (SSSR count). The first-order valence-electron chi connectivity index (χ1n) is 10.4. The summed E-state index contributed by atoms with van der Waals surface area (Å²) in [6, 6.07) is 8.85. The lowest BCUT2D eigenvalue weighted by molar-refractivity contribution is -0.134. The van der Waals surface area contributed by atoms with Gasteiger partial charge in [-0.05, 0) is 24.8 Å². The fourth-order valence-corrected chi connectivity index (χ4v) is 4.56. The molecule has 0 unspecified atom stereocenters. The van der Waals surface area contributed by atoms with Crippen LogP contribution in [0.1, 0.15) is 41.4 Å². The molecule has 0 aliphatic carbocycles. The highest BCUT2D eigenvalue weighted by Crippen LogP contribution is 2.22. The highest BCUT2D eigenvalue weighted by Gasteiger charge is 2.27. The lowest BCUT2D eigenvalue weighted by Gasteiger charge is -2.31. The van der Waals surface area contributed by atoms with E-state index in [1.807, 2.05) is 35.2 Å². The van der Waals surface area contributed by atoms with E-state index >= 15 is 0 Å². The topological polar surface area (TPSA) is 86.8 Å². The quantitative estimate of drug-likeness (QED) is 0.683. The largest absolute Gasteiger partial charge is 0.378 e. The molecule has 3 heterocycles. The molecular weight excluding hydrogens is 402 g/mol. The number of thiazole rings is 1. The summed E-state index contributed by atoms with van der Waals surface area (Å²) in [6.45, 7) is 4.39. The van der Waals surface area contributed by atoms with Crippen LogP contribution in [0.5, 0.6) is 0 Å². The highest BCUT2D eigenvalue weighted by molar-refractivity contribution is 7.13. The minimum Gasteiger partial charge on any atom is -0.378 e. The van der Waals surface area contributed by atoms with E-state index in [-0.39, 0.29) is 11.8 Å². The van der Waals surface area contributed by atoms with Crippen LogP contribution < -0.4 is 15.8 Å². The lowest BCUT2D eigenvalue weighted by Crippen LogP contribution is -2.49. The van der Waals surface area contributed by atoms with Crippen molar-refractivity contribution in [1.29, 1.82) is 0 Å². The highest BCUT2D eigenvalue weighted by atomic mass is 32.1. The van der Waals surface area contributed by atoms with Gasteiger partial charge in [-0.3, -0.25) is 15.0 Å². The molecule has 2 amide bonds. The zero-order chi connectivity index (χ0) is 20.8. The van der Waals surface area contributed by atoms with Gasteiger partial charge >= 0.3 is 0 Å². The first-order valence-corrected chi connectivity index (χ1v) is 11.3. The maximum atomic E-state index is 13.1. The van der Waals surface area contributed by atoms with E-state index in [2.05, 4.69) is 20.7 Å². The van der Waals surface area contributed by atoms with Crippen LogP contribution >= 0.6 is 11.3 Å². The zero-order valence-electron chi connectivity index (χ0n) is 16.9. The first-order chi connectivity index (χ1) is 14.7. The Balaban J connectivity index is 1.42. The van der Waals surface area contributed by atoms with Gasteiger partial charge < -0.3 is 14.5 Å². The van der Waals surface area contributed by atoms with Gasteiger partial charge in [-0.2, -0.15) is 0 Å². The van der Waals surface area contributed by atoms with Crippen LogP contribution in [0.3, 0.4) is 0 Å². The molecule has 2 aromatic rings. The standard InChI is InChI=1S/C21H27N5O3S/c27-19(17-15-30-21(22-17)26-11-13-29-14-12-26)24-23-18(16-7-3-1-4-8-16)20(28)25-9-5-2-6-10-25/h1,3-4,7-8,15,18,23H,2,5-6,9-14H2,(H,24,27)/t18-/m0/s1. The van der Waals surface area contributed by atoms with Gasteiger partial charge in [0.05, 0.1) is 13.2 Å². The Kier molecular flexibility index (Phi) is 6.93. The molecule has 1 aromatic heterocycles. The molecule has 2 N–H and O–H groups in total. The summed E-state index contributed by atoms with van der Waals surface area (Å²) in [4.78, 5) is 34.3. The predicted molar refractivity (Wildman–Crippen MR) is 115 cm³/mol. The van der Waals surface area contributed by atoms with Crippen molar-refractivity contribution < 1.29 is 14.3 Å². The van der Waals surface area contributed by atoms with Crippen molar-refractivity contribution in [2.45, 2.75) is 25.3 Å². The summed E-state index contributed by atoms with van der Waals surface area (Å²) in [5.74, 6) is -0.369. The van der Waals surface area contributed by atoms with Gasteiger partial charge in [0.2, 0.25) is 5.91 Å². The molecule has 0 saturated carbocycles. The Labute approximate surface area is 180 Å². The monoisotopic (exact) mass is 429 g/mol. The van der Waals surface area contributed by atoms with Crippen LogP contribution in [-0.4, -0.2) is 61.1 Å². The second-order valence-corrected chi connectivity index (χ2v) is 8.28. The van der Waals surface area contributed by atoms with Gasteiger partial charge in [-0.1, -0.05) is 30.3 Å². The number of nitrogens with one attached hydrogen (secondary N) is 2. The summed E-state index contributed by atoms with van der Waals surface area (Å²) in [5, 5.41) is 2.55. The van der Waals surface area contributed by atoms with E-state index in [4.69, 9.17) is 4.74 Å².